The zero-order valence-electron chi connectivity index (χ0n) is 9.35. The highest BCUT2D eigenvalue weighted by Crippen LogP contribution is 2.21. The number of aromatic nitrogens is 2. The topological polar surface area (TPSA) is 48.9 Å². The minimum absolute atomic E-state index is 0.265. The molecule has 1 aromatic carbocycles. The van der Waals surface area contributed by atoms with Gasteiger partial charge in [-0.05, 0) is 30.9 Å². The van der Waals surface area contributed by atoms with E-state index in [1.54, 1.807) is 0 Å². The molecule has 1 heterocycles. The molecule has 3 nitrogen and oxygen atoms in total. The Morgan fingerprint density at radius 2 is 2.06 bits per heavy atom. The number of nitrogens with one attached hydrogen (secondary N) is 1. The molecule has 0 aliphatic heterocycles. The smallest absolute Gasteiger partial charge is 0.0682 e. The lowest BCUT2D eigenvalue weighted by Crippen LogP contribution is -2.01. The fourth-order valence-corrected chi connectivity index (χ4v) is 1.72. The standard InChI is InChI=1S/C13H16N2O/c1-10(16)7-8-12-9-14-15-13(12)11-5-3-2-4-6-11/h2-6,9-10,16H,7-8H2,1H3,(H,14,15)/t10-/m0/s1. The molecule has 1 atom stereocenters. The van der Waals surface area contributed by atoms with Gasteiger partial charge in [0.25, 0.3) is 0 Å². The Bertz CT molecular complexity index is 434. The summed E-state index contributed by atoms with van der Waals surface area (Å²) in [6, 6.07) is 10.1. The maximum absolute atomic E-state index is 9.28. The van der Waals surface area contributed by atoms with E-state index in [1.165, 1.54) is 0 Å². The normalized spacial score (nSPS) is 12.6. The van der Waals surface area contributed by atoms with Gasteiger partial charge < -0.3 is 5.11 Å². The molecule has 0 bridgehead atoms. The van der Waals surface area contributed by atoms with Gasteiger partial charge in [-0.1, -0.05) is 30.3 Å². The van der Waals surface area contributed by atoms with E-state index >= 15 is 0 Å². The molecule has 2 aromatic rings. The van der Waals surface area contributed by atoms with Crippen LogP contribution in [0.2, 0.25) is 0 Å². The summed E-state index contributed by atoms with van der Waals surface area (Å²) in [6.07, 6.45) is 3.18. The Labute approximate surface area is 95.1 Å². The van der Waals surface area contributed by atoms with Crippen molar-refractivity contribution in [3.63, 3.8) is 0 Å². The lowest BCUT2D eigenvalue weighted by molar-refractivity contribution is 0.185. The summed E-state index contributed by atoms with van der Waals surface area (Å²) >= 11 is 0. The molecule has 0 saturated carbocycles. The van der Waals surface area contributed by atoms with Crippen molar-refractivity contribution in [2.75, 3.05) is 0 Å². The van der Waals surface area contributed by atoms with Gasteiger partial charge in [0, 0.05) is 0 Å². The molecule has 0 fully saturated rings. The number of hydrogen-bond acceptors (Lipinski definition) is 2. The first-order chi connectivity index (χ1) is 7.77. The van der Waals surface area contributed by atoms with Crippen molar-refractivity contribution in [3.05, 3.63) is 42.1 Å². The number of H-pyrrole nitrogens is 1. The first-order valence-electron chi connectivity index (χ1n) is 5.53. The van der Waals surface area contributed by atoms with E-state index in [4.69, 9.17) is 0 Å². The Morgan fingerprint density at radius 1 is 1.31 bits per heavy atom. The lowest BCUT2D eigenvalue weighted by Gasteiger charge is -2.05. The van der Waals surface area contributed by atoms with E-state index in [0.717, 1.165) is 29.7 Å². The Kier molecular flexibility index (Phi) is 3.37. The monoisotopic (exact) mass is 216 g/mol. The molecule has 0 aliphatic carbocycles. The zero-order chi connectivity index (χ0) is 11.4. The Morgan fingerprint density at radius 3 is 2.75 bits per heavy atom. The molecule has 0 unspecified atom stereocenters. The van der Waals surface area contributed by atoms with Gasteiger partial charge in [0.2, 0.25) is 0 Å². The molecule has 1 aromatic heterocycles. The molecular formula is C13H16N2O. The lowest BCUT2D eigenvalue weighted by atomic mass is 10.0. The minimum atomic E-state index is -0.265. The third-order valence-electron chi connectivity index (χ3n) is 2.61. The molecule has 84 valence electrons. The van der Waals surface area contributed by atoms with Crippen LogP contribution in [0.4, 0.5) is 0 Å². The third kappa shape index (κ3) is 2.49. The van der Waals surface area contributed by atoms with E-state index in [-0.39, 0.29) is 6.10 Å². The van der Waals surface area contributed by atoms with Gasteiger partial charge in [-0.15, -0.1) is 0 Å². The number of aliphatic hydroxyl groups is 1. The molecular weight excluding hydrogens is 200 g/mol. The van der Waals surface area contributed by atoms with Gasteiger partial charge in [-0.3, -0.25) is 5.10 Å². The molecule has 16 heavy (non-hydrogen) atoms. The van der Waals surface area contributed by atoms with Crippen LogP contribution in [0.1, 0.15) is 18.9 Å². The van der Waals surface area contributed by atoms with Crippen LogP contribution >= 0.6 is 0 Å². The summed E-state index contributed by atoms with van der Waals surface area (Å²) in [6.45, 7) is 1.81. The van der Waals surface area contributed by atoms with Gasteiger partial charge in [0.1, 0.15) is 0 Å². The Balaban J connectivity index is 2.19. The van der Waals surface area contributed by atoms with E-state index in [1.807, 2.05) is 31.3 Å². The molecule has 0 radical (unpaired) electrons. The molecule has 3 heteroatoms. The predicted octanol–water partition coefficient (Wildman–Crippen LogP) is 2.39. The van der Waals surface area contributed by atoms with E-state index in [9.17, 15) is 5.11 Å². The van der Waals surface area contributed by atoms with Crippen LogP contribution in [-0.4, -0.2) is 21.4 Å². The van der Waals surface area contributed by atoms with Gasteiger partial charge in [0.05, 0.1) is 18.0 Å². The van der Waals surface area contributed by atoms with Crippen LogP contribution in [0, 0.1) is 0 Å². The highest BCUT2D eigenvalue weighted by atomic mass is 16.3. The van der Waals surface area contributed by atoms with Crippen molar-refractivity contribution in [1.82, 2.24) is 10.2 Å². The van der Waals surface area contributed by atoms with Crippen molar-refractivity contribution < 1.29 is 5.11 Å². The number of rotatable bonds is 4. The number of aliphatic hydroxyl groups excluding tert-OH is 1. The Hall–Kier alpha value is -1.61. The summed E-state index contributed by atoms with van der Waals surface area (Å²) in [5.41, 5.74) is 3.36. The van der Waals surface area contributed by atoms with Gasteiger partial charge in [0.15, 0.2) is 0 Å². The first-order valence-corrected chi connectivity index (χ1v) is 5.53. The highest BCUT2D eigenvalue weighted by Gasteiger charge is 2.07. The van der Waals surface area contributed by atoms with Gasteiger partial charge in [-0.25, -0.2) is 0 Å². The van der Waals surface area contributed by atoms with Crippen LogP contribution in [0.15, 0.2) is 36.5 Å². The number of aryl methyl sites for hydroxylation is 1. The van der Waals surface area contributed by atoms with Crippen LogP contribution in [0.25, 0.3) is 11.3 Å². The maximum atomic E-state index is 9.28. The second-order valence-corrected chi connectivity index (χ2v) is 4.02. The summed E-state index contributed by atoms with van der Waals surface area (Å²) in [5.74, 6) is 0. The zero-order valence-corrected chi connectivity index (χ0v) is 9.35. The average Bonchev–Trinajstić information content (AvgIpc) is 2.75. The van der Waals surface area contributed by atoms with Gasteiger partial charge in [-0.2, -0.15) is 5.10 Å². The number of aromatic amines is 1. The molecule has 0 amide bonds. The van der Waals surface area contributed by atoms with Crippen LogP contribution in [-0.2, 0) is 6.42 Å². The highest BCUT2D eigenvalue weighted by molar-refractivity contribution is 5.62. The maximum Gasteiger partial charge on any atom is 0.0682 e. The van der Waals surface area contributed by atoms with Crippen molar-refractivity contribution in [1.29, 1.82) is 0 Å². The fourth-order valence-electron chi connectivity index (χ4n) is 1.72. The summed E-state index contributed by atoms with van der Waals surface area (Å²) < 4.78 is 0. The van der Waals surface area contributed by atoms with Crippen molar-refractivity contribution in [2.45, 2.75) is 25.9 Å². The van der Waals surface area contributed by atoms with E-state index in [2.05, 4.69) is 22.3 Å². The third-order valence-corrected chi connectivity index (χ3v) is 2.61. The second kappa shape index (κ2) is 4.94. The van der Waals surface area contributed by atoms with E-state index in [0.29, 0.717) is 0 Å². The molecule has 0 aliphatic rings. The summed E-state index contributed by atoms with van der Waals surface area (Å²) in [5, 5.41) is 16.4. The summed E-state index contributed by atoms with van der Waals surface area (Å²) in [4.78, 5) is 0. The predicted molar refractivity (Wildman–Crippen MR) is 64.0 cm³/mol. The minimum Gasteiger partial charge on any atom is -0.393 e. The van der Waals surface area contributed by atoms with Crippen molar-refractivity contribution in [2.24, 2.45) is 0 Å². The quantitative estimate of drug-likeness (QED) is 0.824. The SMILES string of the molecule is C[C@H](O)CCc1cn[nH]c1-c1ccccc1. The molecule has 0 saturated heterocycles. The van der Waals surface area contributed by atoms with Crippen molar-refractivity contribution in [3.8, 4) is 11.3 Å². The van der Waals surface area contributed by atoms with Crippen LogP contribution < -0.4 is 0 Å². The average molecular weight is 216 g/mol. The van der Waals surface area contributed by atoms with Crippen molar-refractivity contribution >= 4 is 0 Å². The fraction of sp³-hybridized carbons (Fsp3) is 0.308. The van der Waals surface area contributed by atoms with Crippen LogP contribution in [0.5, 0.6) is 0 Å². The molecule has 0 spiro atoms. The number of hydrogen-bond donors (Lipinski definition) is 2. The summed E-state index contributed by atoms with van der Waals surface area (Å²) in [7, 11) is 0. The van der Waals surface area contributed by atoms with Gasteiger partial charge >= 0.3 is 0 Å². The van der Waals surface area contributed by atoms with Crippen LogP contribution in [0.3, 0.4) is 0 Å². The van der Waals surface area contributed by atoms with E-state index < -0.39 is 0 Å². The molecule has 2 rings (SSSR count). The number of nitrogens with zero attached hydrogens (tertiary/aromatic N) is 1. The largest absolute Gasteiger partial charge is 0.393 e. The number of benzene rings is 1. The molecule has 2 N–H and O–H groups in total. The first kappa shape index (κ1) is 10.9. The second-order valence-electron chi connectivity index (χ2n) is 4.02.